The van der Waals surface area contributed by atoms with E-state index in [-0.39, 0.29) is 11.2 Å². The van der Waals surface area contributed by atoms with Crippen LogP contribution in [0.4, 0.5) is 5.69 Å². The van der Waals surface area contributed by atoms with Gasteiger partial charge in [0.15, 0.2) is 4.96 Å². The largest absolute Gasteiger partial charge is 0.457 e. The van der Waals surface area contributed by atoms with Crippen molar-refractivity contribution in [3.8, 4) is 11.3 Å². The molecule has 0 saturated carbocycles. The lowest BCUT2D eigenvalue weighted by atomic mass is 10.1. The molecule has 0 aliphatic carbocycles. The maximum absolute atomic E-state index is 13.0. The average Bonchev–Trinajstić information content (AvgIpc) is 3.39. The summed E-state index contributed by atoms with van der Waals surface area (Å²) in [5.74, 6) is 1.05. The molecule has 3 heterocycles. The van der Waals surface area contributed by atoms with Crippen LogP contribution in [0.15, 0.2) is 56.1 Å². The zero-order valence-electron chi connectivity index (χ0n) is 16.4. The normalized spacial score (nSPS) is 12.3. The number of halogens is 1. The first-order valence-electron chi connectivity index (χ1n) is 9.30. The van der Waals surface area contributed by atoms with Gasteiger partial charge in [-0.2, -0.15) is 0 Å². The lowest BCUT2D eigenvalue weighted by molar-refractivity contribution is -0.384. The predicted molar refractivity (Wildman–Crippen MR) is 124 cm³/mol. The molecule has 0 radical (unpaired) electrons. The summed E-state index contributed by atoms with van der Waals surface area (Å²) >= 11 is 4.67. The molecule has 7 nitrogen and oxygen atoms in total. The van der Waals surface area contributed by atoms with Gasteiger partial charge in [0, 0.05) is 28.2 Å². The summed E-state index contributed by atoms with van der Waals surface area (Å²) in [5, 5.41) is 10.9. The predicted octanol–water partition coefficient (Wildman–Crippen LogP) is 5.00. The number of thiazole rings is 1. The van der Waals surface area contributed by atoms with Crippen LogP contribution in [0.2, 0.25) is 0 Å². The van der Waals surface area contributed by atoms with E-state index in [9.17, 15) is 14.9 Å². The molecule has 9 heteroatoms. The molecule has 0 aliphatic heterocycles. The highest BCUT2D eigenvalue weighted by Gasteiger charge is 2.15. The second-order valence-corrected chi connectivity index (χ2v) is 9.06. The number of hydrogen-bond acceptors (Lipinski definition) is 6. The van der Waals surface area contributed by atoms with Crippen LogP contribution in [0.1, 0.15) is 16.9 Å². The van der Waals surface area contributed by atoms with Crippen LogP contribution in [-0.4, -0.2) is 14.3 Å². The minimum absolute atomic E-state index is 0.00967. The second-order valence-electron chi connectivity index (χ2n) is 7.19. The van der Waals surface area contributed by atoms with Gasteiger partial charge >= 0.3 is 0 Å². The summed E-state index contributed by atoms with van der Waals surface area (Å²) in [5.41, 5.74) is 4.39. The molecule has 0 aliphatic rings. The summed E-state index contributed by atoms with van der Waals surface area (Å²) in [7, 11) is 0. The van der Waals surface area contributed by atoms with E-state index in [4.69, 9.17) is 4.42 Å². The Hall–Kier alpha value is -3.30. The third-order valence-corrected chi connectivity index (χ3v) is 6.81. The molecule has 31 heavy (non-hydrogen) atoms. The third kappa shape index (κ3) is 3.26. The number of hydrogen-bond donors (Lipinski definition) is 0. The maximum atomic E-state index is 13.0. The zero-order valence-corrected chi connectivity index (χ0v) is 18.8. The van der Waals surface area contributed by atoms with Gasteiger partial charge in [0.2, 0.25) is 0 Å². The summed E-state index contributed by atoms with van der Waals surface area (Å²) in [6.07, 6.45) is 1.69. The molecule has 0 amide bonds. The number of benzene rings is 2. The number of aryl methyl sites for hydroxylation is 2. The van der Waals surface area contributed by atoms with Crippen LogP contribution in [0.3, 0.4) is 0 Å². The number of nitrogens with zero attached hydrogens (tertiary/aromatic N) is 3. The summed E-state index contributed by atoms with van der Waals surface area (Å²) in [6, 6.07) is 12.0. The molecular weight excluding hydrogens is 482 g/mol. The molecular formula is C22H14BrN3O4S. The SMILES string of the molecule is Cc1cc2nc3s/c(=C/c4ccc(-c5ccc([N+](=O)[O-])cc5Br)o4)c(=O)n3c2cc1C. The topological polar surface area (TPSA) is 90.7 Å². The minimum Gasteiger partial charge on any atom is -0.457 e. The Bertz CT molecular complexity index is 1630. The lowest BCUT2D eigenvalue weighted by Crippen LogP contribution is -2.22. The third-order valence-electron chi connectivity index (χ3n) is 5.18. The van der Waals surface area contributed by atoms with E-state index in [1.807, 2.05) is 26.0 Å². The standard InChI is InChI=1S/C22H14BrN3O4S/c1-11-7-17-18(8-12(11)2)25-21(27)20(31-22(25)24-17)10-14-4-6-19(30-14)15-5-3-13(26(28)29)9-16(15)23/h3-10H,1-2H3/b20-10+. The Kier molecular flexibility index (Phi) is 4.53. The fourth-order valence-corrected chi connectivity index (χ4v) is 4.97. The number of nitro groups is 1. The molecule has 0 spiro atoms. The Labute approximate surface area is 187 Å². The number of imidazole rings is 1. The summed E-state index contributed by atoms with van der Waals surface area (Å²) in [4.78, 5) is 28.7. The molecule has 2 aromatic carbocycles. The molecule has 0 unspecified atom stereocenters. The number of rotatable bonds is 3. The first kappa shape index (κ1) is 19.7. The monoisotopic (exact) mass is 495 g/mol. The van der Waals surface area contributed by atoms with Crippen molar-refractivity contribution in [3.63, 3.8) is 0 Å². The highest BCUT2D eigenvalue weighted by atomic mass is 79.9. The van der Waals surface area contributed by atoms with Gasteiger partial charge in [0.1, 0.15) is 16.1 Å². The van der Waals surface area contributed by atoms with Crippen molar-refractivity contribution < 1.29 is 9.34 Å². The van der Waals surface area contributed by atoms with Gasteiger partial charge in [-0.1, -0.05) is 11.3 Å². The number of fused-ring (bicyclic) bond motifs is 3. The number of aromatic nitrogens is 2. The quantitative estimate of drug-likeness (QED) is 0.259. The fourth-order valence-electron chi connectivity index (χ4n) is 3.44. The van der Waals surface area contributed by atoms with Gasteiger partial charge in [0.05, 0.1) is 16.0 Å². The van der Waals surface area contributed by atoms with Crippen LogP contribution in [0.5, 0.6) is 0 Å². The smallest absolute Gasteiger partial charge is 0.275 e. The van der Waals surface area contributed by atoms with Crippen molar-refractivity contribution in [2.45, 2.75) is 13.8 Å². The Morgan fingerprint density at radius 1 is 1.16 bits per heavy atom. The molecule has 154 valence electrons. The summed E-state index contributed by atoms with van der Waals surface area (Å²) in [6.45, 7) is 4.04. The van der Waals surface area contributed by atoms with Crippen LogP contribution >= 0.6 is 27.3 Å². The van der Waals surface area contributed by atoms with Crippen molar-refractivity contribution in [2.24, 2.45) is 0 Å². The summed E-state index contributed by atoms with van der Waals surface area (Å²) < 4.78 is 8.60. The molecule has 0 fully saturated rings. The molecule has 0 N–H and O–H groups in total. The van der Waals surface area contributed by atoms with E-state index < -0.39 is 4.92 Å². The van der Waals surface area contributed by atoms with E-state index in [0.717, 1.165) is 22.2 Å². The van der Waals surface area contributed by atoms with Gasteiger partial charge in [-0.15, -0.1) is 0 Å². The van der Waals surface area contributed by atoms with Crippen molar-refractivity contribution in [1.82, 2.24) is 9.38 Å². The molecule has 5 aromatic rings. The van der Waals surface area contributed by atoms with Gasteiger partial charge in [-0.05, 0) is 71.2 Å². The van der Waals surface area contributed by atoms with Crippen LogP contribution in [-0.2, 0) is 0 Å². The van der Waals surface area contributed by atoms with Crippen LogP contribution in [0.25, 0.3) is 33.4 Å². The fraction of sp³-hybridized carbons (Fsp3) is 0.0909. The number of nitro benzene ring substituents is 1. The first-order chi connectivity index (χ1) is 14.8. The van der Waals surface area contributed by atoms with Crippen molar-refractivity contribution >= 4 is 55.0 Å². The van der Waals surface area contributed by atoms with Crippen molar-refractivity contribution in [2.75, 3.05) is 0 Å². The molecule has 0 saturated heterocycles. The van der Waals surface area contributed by atoms with E-state index in [1.54, 1.807) is 28.7 Å². The Morgan fingerprint density at radius 3 is 2.68 bits per heavy atom. The van der Waals surface area contributed by atoms with E-state index >= 15 is 0 Å². The van der Waals surface area contributed by atoms with Crippen molar-refractivity contribution in [3.05, 3.63) is 88.8 Å². The number of furan rings is 1. The second kappa shape index (κ2) is 7.14. The van der Waals surface area contributed by atoms with E-state index in [0.29, 0.717) is 31.0 Å². The Morgan fingerprint density at radius 2 is 1.94 bits per heavy atom. The van der Waals surface area contributed by atoms with Crippen LogP contribution in [0, 0.1) is 24.0 Å². The van der Waals surface area contributed by atoms with Gasteiger partial charge in [0.25, 0.3) is 11.2 Å². The number of non-ortho nitro benzene ring substituents is 1. The van der Waals surface area contributed by atoms with Gasteiger partial charge in [-0.25, -0.2) is 9.38 Å². The minimum atomic E-state index is -0.453. The van der Waals surface area contributed by atoms with Crippen molar-refractivity contribution in [1.29, 1.82) is 0 Å². The first-order valence-corrected chi connectivity index (χ1v) is 10.9. The maximum Gasteiger partial charge on any atom is 0.275 e. The molecule has 3 aromatic heterocycles. The highest BCUT2D eigenvalue weighted by molar-refractivity contribution is 9.10. The molecule has 0 bridgehead atoms. The van der Waals surface area contributed by atoms with E-state index in [2.05, 4.69) is 20.9 Å². The highest BCUT2D eigenvalue weighted by Crippen LogP contribution is 2.32. The Balaban J connectivity index is 1.58. The van der Waals surface area contributed by atoms with Crippen LogP contribution < -0.4 is 10.1 Å². The molecule has 5 rings (SSSR count). The average molecular weight is 496 g/mol. The zero-order chi connectivity index (χ0) is 21.9. The molecule has 0 atom stereocenters. The lowest BCUT2D eigenvalue weighted by Gasteiger charge is -2.00. The van der Waals surface area contributed by atoms with Gasteiger partial charge in [-0.3, -0.25) is 14.9 Å². The van der Waals surface area contributed by atoms with Gasteiger partial charge < -0.3 is 4.42 Å². The van der Waals surface area contributed by atoms with E-state index in [1.165, 1.54) is 23.5 Å².